The van der Waals surface area contributed by atoms with Gasteiger partial charge in [0.15, 0.2) is 11.5 Å². The molecule has 1 heterocycles. The van der Waals surface area contributed by atoms with Gasteiger partial charge < -0.3 is 34.3 Å². The largest absolute Gasteiger partial charge is 0.493 e. The zero-order chi connectivity index (χ0) is 34.4. The molecule has 2 aromatic carbocycles. The normalized spacial score (nSPS) is 15.4. The Balaban J connectivity index is 1.81. The van der Waals surface area contributed by atoms with Crippen LogP contribution in [-0.2, 0) is 30.3 Å². The number of aryl methyl sites for hydroxylation is 1. The molecule has 3 rings (SSSR count). The molecule has 2 aromatic rings. The quantitative estimate of drug-likeness (QED) is 0.134. The number of nitrogens with zero attached hydrogens (tertiary/aromatic N) is 1. The summed E-state index contributed by atoms with van der Waals surface area (Å²) in [6.45, 7) is 6.16. The molecule has 0 aliphatic carbocycles. The standard InChI is InChI=1S/C36H50N2O9/c1-6-36(2,3)33(41)34(42)38-20-8-7-13-28(38)35(43)47-29(17-15-25-16-18-30(44-4)31(23-25)45-5)26-11-9-12-27(24-26)46-22-19-37-32(40)14-10-21-39/h9,11-12,16,18,23-24,28-29,39H,6-8,10,13-15,17,19-22H2,1-5H3,(H,37,40)/t28-,29+/m0/s1. The Hall–Kier alpha value is -4.12. The van der Waals surface area contributed by atoms with Crippen LogP contribution in [0.4, 0.5) is 0 Å². The highest BCUT2D eigenvalue weighted by atomic mass is 16.5. The Labute approximate surface area is 277 Å². The highest BCUT2D eigenvalue weighted by Crippen LogP contribution is 2.32. The molecule has 2 amide bonds. The lowest BCUT2D eigenvalue weighted by atomic mass is 9.84. The van der Waals surface area contributed by atoms with E-state index in [-0.39, 0.29) is 25.5 Å². The van der Waals surface area contributed by atoms with Crippen molar-refractivity contribution in [2.24, 2.45) is 5.41 Å². The maximum atomic E-state index is 13.8. The summed E-state index contributed by atoms with van der Waals surface area (Å²) in [4.78, 5) is 53.5. The number of Topliss-reactive ketones (excluding diaryl/α,β-unsaturated/α-hetero) is 1. The zero-order valence-corrected chi connectivity index (χ0v) is 28.3. The van der Waals surface area contributed by atoms with Crippen LogP contribution in [0.1, 0.15) is 82.9 Å². The van der Waals surface area contributed by atoms with Crippen LogP contribution in [0.2, 0.25) is 0 Å². The molecule has 1 aliphatic rings. The second kappa shape index (κ2) is 18.3. The summed E-state index contributed by atoms with van der Waals surface area (Å²) >= 11 is 0. The molecule has 0 saturated carbocycles. The molecule has 0 unspecified atom stereocenters. The van der Waals surface area contributed by atoms with E-state index in [4.69, 9.17) is 24.1 Å². The monoisotopic (exact) mass is 654 g/mol. The van der Waals surface area contributed by atoms with E-state index < -0.39 is 35.2 Å². The number of esters is 1. The van der Waals surface area contributed by atoms with Crippen LogP contribution in [-0.4, -0.2) is 80.1 Å². The number of aliphatic hydroxyl groups excluding tert-OH is 1. The van der Waals surface area contributed by atoms with Crippen LogP contribution >= 0.6 is 0 Å². The van der Waals surface area contributed by atoms with E-state index in [9.17, 15) is 19.2 Å². The Morgan fingerprint density at radius 2 is 1.81 bits per heavy atom. The van der Waals surface area contributed by atoms with Crippen LogP contribution in [0.3, 0.4) is 0 Å². The lowest BCUT2D eigenvalue weighted by Crippen LogP contribution is -2.53. The predicted molar refractivity (Wildman–Crippen MR) is 176 cm³/mol. The van der Waals surface area contributed by atoms with Gasteiger partial charge in [-0.25, -0.2) is 4.79 Å². The third-order valence-corrected chi connectivity index (χ3v) is 8.61. The van der Waals surface area contributed by atoms with Gasteiger partial charge in [-0.2, -0.15) is 0 Å². The van der Waals surface area contributed by atoms with Gasteiger partial charge in [0.25, 0.3) is 5.91 Å². The molecule has 0 radical (unpaired) electrons. The molecule has 47 heavy (non-hydrogen) atoms. The average molecular weight is 655 g/mol. The highest BCUT2D eigenvalue weighted by molar-refractivity contribution is 6.38. The number of hydrogen-bond acceptors (Lipinski definition) is 9. The number of nitrogens with one attached hydrogen (secondary N) is 1. The van der Waals surface area contributed by atoms with E-state index in [0.717, 1.165) is 12.0 Å². The number of rotatable bonds is 18. The van der Waals surface area contributed by atoms with Crippen LogP contribution in [0.25, 0.3) is 0 Å². The van der Waals surface area contributed by atoms with Gasteiger partial charge in [0.05, 0.1) is 20.8 Å². The Morgan fingerprint density at radius 3 is 2.51 bits per heavy atom. The first-order chi connectivity index (χ1) is 22.5. The minimum Gasteiger partial charge on any atom is -0.493 e. The lowest BCUT2D eigenvalue weighted by molar-refractivity contribution is -0.164. The number of amides is 2. The number of carbonyl (C=O) groups is 4. The Kier molecular flexibility index (Phi) is 14.5. The molecule has 1 saturated heterocycles. The van der Waals surface area contributed by atoms with Crippen molar-refractivity contribution in [1.29, 1.82) is 0 Å². The SMILES string of the molecule is CCC(C)(C)C(=O)C(=O)N1CCCC[C@H]1C(=O)O[C@H](CCc1ccc(OC)c(OC)c1)c1cccc(OCCNC(=O)CCCO)c1. The maximum Gasteiger partial charge on any atom is 0.329 e. The summed E-state index contributed by atoms with van der Waals surface area (Å²) in [5.74, 6) is -0.104. The second-order valence-corrected chi connectivity index (χ2v) is 12.3. The van der Waals surface area contributed by atoms with Crippen LogP contribution in [0.5, 0.6) is 17.2 Å². The number of methoxy groups -OCH3 is 2. The number of hydrogen-bond donors (Lipinski definition) is 2. The van der Waals surface area contributed by atoms with Gasteiger partial charge in [-0.3, -0.25) is 14.4 Å². The summed E-state index contributed by atoms with van der Waals surface area (Å²) in [7, 11) is 3.14. The summed E-state index contributed by atoms with van der Waals surface area (Å²) < 4.78 is 22.9. The van der Waals surface area contributed by atoms with Crippen molar-refractivity contribution in [3.63, 3.8) is 0 Å². The molecular formula is C36H50N2O9. The van der Waals surface area contributed by atoms with Crippen molar-refractivity contribution in [2.75, 3.05) is 40.5 Å². The average Bonchev–Trinajstić information content (AvgIpc) is 3.10. The van der Waals surface area contributed by atoms with Gasteiger partial charge >= 0.3 is 5.97 Å². The molecule has 258 valence electrons. The first-order valence-corrected chi connectivity index (χ1v) is 16.4. The van der Waals surface area contributed by atoms with Crippen LogP contribution in [0.15, 0.2) is 42.5 Å². The van der Waals surface area contributed by atoms with Gasteiger partial charge in [0, 0.05) is 25.0 Å². The minimum absolute atomic E-state index is 0.0429. The molecule has 2 atom stereocenters. The summed E-state index contributed by atoms with van der Waals surface area (Å²) in [5, 5.41) is 11.7. The highest BCUT2D eigenvalue weighted by Gasteiger charge is 2.41. The van der Waals surface area contributed by atoms with E-state index in [1.54, 1.807) is 40.2 Å². The Morgan fingerprint density at radius 1 is 1.04 bits per heavy atom. The molecule has 0 spiro atoms. The van der Waals surface area contributed by atoms with E-state index in [1.807, 2.05) is 37.3 Å². The number of ether oxygens (including phenoxy) is 4. The lowest BCUT2D eigenvalue weighted by Gasteiger charge is -2.36. The van der Waals surface area contributed by atoms with Gasteiger partial charge in [0.2, 0.25) is 11.7 Å². The number of carbonyl (C=O) groups excluding carboxylic acids is 4. The van der Waals surface area contributed by atoms with E-state index in [0.29, 0.717) is 74.4 Å². The van der Waals surface area contributed by atoms with Gasteiger partial charge in [0.1, 0.15) is 24.5 Å². The van der Waals surface area contributed by atoms with Crippen molar-refractivity contribution < 1.29 is 43.2 Å². The number of aliphatic hydroxyl groups is 1. The van der Waals surface area contributed by atoms with Gasteiger partial charge in [-0.1, -0.05) is 39.0 Å². The maximum absolute atomic E-state index is 13.8. The fraction of sp³-hybridized carbons (Fsp3) is 0.556. The summed E-state index contributed by atoms with van der Waals surface area (Å²) in [6, 6.07) is 12.0. The summed E-state index contributed by atoms with van der Waals surface area (Å²) in [6.07, 6.45) is 3.30. The summed E-state index contributed by atoms with van der Waals surface area (Å²) in [5.41, 5.74) is 0.836. The fourth-order valence-corrected chi connectivity index (χ4v) is 5.34. The number of piperidine rings is 1. The van der Waals surface area contributed by atoms with E-state index >= 15 is 0 Å². The molecule has 1 aliphatic heterocycles. The van der Waals surface area contributed by atoms with E-state index in [2.05, 4.69) is 5.32 Å². The third kappa shape index (κ3) is 10.7. The molecule has 11 heteroatoms. The molecule has 0 aromatic heterocycles. The van der Waals surface area contributed by atoms with E-state index in [1.165, 1.54) is 4.90 Å². The minimum atomic E-state index is -0.856. The topological polar surface area (TPSA) is 141 Å². The second-order valence-electron chi connectivity index (χ2n) is 12.3. The van der Waals surface area contributed by atoms with Crippen LogP contribution in [0, 0.1) is 5.41 Å². The zero-order valence-electron chi connectivity index (χ0n) is 28.3. The Bertz CT molecular complexity index is 1360. The molecular weight excluding hydrogens is 604 g/mol. The molecule has 0 bridgehead atoms. The molecule has 1 fully saturated rings. The fourth-order valence-electron chi connectivity index (χ4n) is 5.34. The van der Waals surface area contributed by atoms with Crippen molar-refractivity contribution in [2.45, 2.75) is 84.3 Å². The molecule has 11 nitrogen and oxygen atoms in total. The first kappa shape index (κ1) is 37.3. The number of ketones is 1. The predicted octanol–water partition coefficient (Wildman–Crippen LogP) is 4.57. The number of likely N-dealkylation sites (tertiary alicyclic amines) is 1. The van der Waals surface area contributed by atoms with Crippen molar-refractivity contribution in [3.05, 3.63) is 53.6 Å². The van der Waals surface area contributed by atoms with Crippen molar-refractivity contribution in [3.8, 4) is 17.2 Å². The number of benzene rings is 2. The third-order valence-electron chi connectivity index (χ3n) is 8.61. The smallest absolute Gasteiger partial charge is 0.329 e. The van der Waals surface area contributed by atoms with Crippen LogP contribution < -0.4 is 19.5 Å². The van der Waals surface area contributed by atoms with Gasteiger partial charge in [-0.15, -0.1) is 0 Å². The van der Waals surface area contributed by atoms with Gasteiger partial charge in [-0.05, 0) is 80.3 Å². The first-order valence-electron chi connectivity index (χ1n) is 16.4. The molecule has 2 N–H and O–H groups in total. The van der Waals surface area contributed by atoms with Crippen molar-refractivity contribution in [1.82, 2.24) is 10.2 Å². The van der Waals surface area contributed by atoms with Crippen molar-refractivity contribution >= 4 is 23.6 Å².